The molecule has 0 atom stereocenters. The Labute approximate surface area is 129 Å². The van der Waals surface area contributed by atoms with Crippen LogP contribution < -0.4 is 0 Å². The summed E-state index contributed by atoms with van der Waals surface area (Å²) in [5.41, 5.74) is 3.49. The first-order valence-corrected chi connectivity index (χ1v) is 6.99. The molecule has 3 aromatic rings. The second kappa shape index (κ2) is 7.13. The van der Waals surface area contributed by atoms with Gasteiger partial charge in [0.1, 0.15) is 5.71 Å². The van der Waals surface area contributed by atoms with E-state index in [-0.39, 0.29) is 0 Å². The summed E-state index contributed by atoms with van der Waals surface area (Å²) in [7, 11) is 0. The maximum absolute atomic E-state index is 5.49. The molecule has 4 nitrogen and oxygen atoms in total. The molecule has 0 aliphatic rings. The number of nitrogens with zero attached hydrogens (tertiary/aromatic N) is 3. The Morgan fingerprint density at radius 1 is 0.864 bits per heavy atom. The second-order valence-electron chi connectivity index (χ2n) is 4.64. The number of pyridine rings is 2. The minimum absolute atomic E-state index is 0.331. The number of hydrogen-bond acceptors (Lipinski definition) is 4. The van der Waals surface area contributed by atoms with E-state index in [4.69, 9.17) is 4.84 Å². The molecule has 0 unspecified atom stereocenters. The van der Waals surface area contributed by atoms with Crippen molar-refractivity contribution in [2.75, 3.05) is 0 Å². The van der Waals surface area contributed by atoms with Gasteiger partial charge in [0.2, 0.25) is 0 Å². The van der Waals surface area contributed by atoms with E-state index in [1.807, 2.05) is 60.7 Å². The molecule has 0 amide bonds. The third kappa shape index (κ3) is 3.55. The largest absolute Gasteiger partial charge is 0.389 e. The fraction of sp³-hybridized carbons (Fsp3) is 0.0556. The summed E-state index contributed by atoms with van der Waals surface area (Å²) in [5.74, 6) is 0. The first-order valence-electron chi connectivity index (χ1n) is 6.99. The lowest BCUT2D eigenvalue weighted by Crippen LogP contribution is -2.05. The molecule has 1 aromatic carbocycles. The van der Waals surface area contributed by atoms with Gasteiger partial charge in [-0.15, -0.1) is 0 Å². The Morgan fingerprint density at radius 2 is 1.68 bits per heavy atom. The van der Waals surface area contributed by atoms with Gasteiger partial charge in [-0.1, -0.05) is 41.6 Å². The van der Waals surface area contributed by atoms with Crippen LogP contribution in [0.1, 0.15) is 16.8 Å². The summed E-state index contributed by atoms with van der Waals surface area (Å²) >= 11 is 0. The summed E-state index contributed by atoms with van der Waals surface area (Å²) in [4.78, 5) is 13.9. The highest BCUT2D eigenvalue weighted by Gasteiger charge is 2.07. The molecule has 4 heteroatoms. The Kier molecular flexibility index (Phi) is 4.52. The first-order chi connectivity index (χ1) is 10.9. The topological polar surface area (TPSA) is 47.4 Å². The van der Waals surface area contributed by atoms with Crippen LogP contribution in [-0.2, 0) is 11.4 Å². The van der Waals surface area contributed by atoms with Gasteiger partial charge < -0.3 is 4.84 Å². The van der Waals surface area contributed by atoms with Gasteiger partial charge in [-0.2, -0.15) is 0 Å². The molecule has 0 fully saturated rings. The van der Waals surface area contributed by atoms with Gasteiger partial charge >= 0.3 is 0 Å². The number of aromatic nitrogens is 2. The van der Waals surface area contributed by atoms with Gasteiger partial charge in [0.05, 0.1) is 5.69 Å². The van der Waals surface area contributed by atoms with E-state index in [0.29, 0.717) is 6.61 Å². The van der Waals surface area contributed by atoms with Crippen LogP contribution in [0.3, 0.4) is 0 Å². The van der Waals surface area contributed by atoms with Crippen LogP contribution in [-0.4, -0.2) is 15.7 Å². The van der Waals surface area contributed by atoms with E-state index in [0.717, 1.165) is 22.5 Å². The molecule has 0 saturated carbocycles. The van der Waals surface area contributed by atoms with Crippen molar-refractivity contribution in [2.24, 2.45) is 5.16 Å². The summed E-state index contributed by atoms with van der Waals surface area (Å²) < 4.78 is 0. The molecule has 0 N–H and O–H groups in total. The van der Waals surface area contributed by atoms with Crippen molar-refractivity contribution >= 4 is 5.71 Å². The van der Waals surface area contributed by atoms with Crippen molar-refractivity contribution in [3.63, 3.8) is 0 Å². The van der Waals surface area contributed by atoms with Gasteiger partial charge in [-0.25, -0.2) is 0 Å². The van der Waals surface area contributed by atoms with Crippen LogP contribution in [0, 0.1) is 0 Å². The van der Waals surface area contributed by atoms with Crippen LogP contribution >= 0.6 is 0 Å². The van der Waals surface area contributed by atoms with Crippen LogP contribution in [0.5, 0.6) is 0 Å². The monoisotopic (exact) mass is 289 g/mol. The fourth-order valence-corrected chi connectivity index (χ4v) is 2.02. The minimum atomic E-state index is 0.331. The van der Waals surface area contributed by atoms with Crippen molar-refractivity contribution in [1.29, 1.82) is 0 Å². The molecule has 2 heterocycles. The maximum atomic E-state index is 5.49. The summed E-state index contributed by atoms with van der Waals surface area (Å²) in [6.45, 7) is 0.331. The minimum Gasteiger partial charge on any atom is -0.389 e. The van der Waals surface area contributed by atoms with Crippen molar-refractivity contribution in [2.45, 2.75) is 6.61 Å². The summed E-state index contributed by atoms with van der Waals surface area (Å²) in [5, 5.41) is 4.30. The average molecular weight is 289 g/mol. The van der Waals surface area contributed by atoms with Gasteiger partial charge in [-0.3, -0.25) is 9.97 Å². The van der Waals surface area contributed by atoms with Gasteiger partial charge in [0.25, 0.3) is 0 Å². The van der Waals surface area contributed by atoms with Gasteiger partial charge in [-0.05, 0) is 24.3 Å². The SMILES string of the molecule is c1ccc(C(=NOCc2ccccn2)c2cccnc2)cc1. The maximum Gasteiger partial charge on any atom is 0.159 e. The van der Waals surface area contributed by atoms with Crippen molar-refractivity contribution in [3.8, 4) is 0 Å². The van der Waals surface area contributed by atoms with Crippen molar-refractivity contribution in [3.05, 3.63) is 96.1 Å². The van der Waals surface area contributed by atoms with Gasteiger partial charge in [0.15, 0.2) is 6.61 Å². The molecule has 22 heavy (non-hydrogen) atoms. The first kappa shape index (κ1) is 13.9. The molecule has 0 aliphatic carbocycles. The van der Waals surface area contributed by atoms with E-state index < -0.39 is 0 Å². The molecule has 0 spiro atoms. The van der Waals surface area contributed by atoms with Crippen molar-refractivity contribution in [1.82, 2.24) is 9.97 Å². The number of hydrogen-bond donors (Lipinski definition) is 0. The lowest BCUT2D eigenvalue weighted by atomic mass is 10.0. The number of rotatable bonds is 5. The molecule has 0 bridgehead atoms. The molecular weight excluding hydrogens is 274 g/mol. The normalized spacial score (nSPS) is 11.2. The smallest absolute Gasteiger partial charge is 0.159 e. The Morgan fingerprint density at radius 3 is 2.41 bits per heavy atom. The number of benzene rings is 1. The molecule has 108 valence electrons. The molecule has 0 radical (unpaired) electrons. The summed E-state index contributed by atoms with van der Waals surface area (Å²) in [6.07, 6.45) is 5.25. The van der Waals surface area contributed by atoms with E-state index >= 15 is 0 Å². The second-order valence-corrected chi connectivity index (χ2v) is 4.64. The van der Waals surface area contributed by atoms with Crippen molar-refractivity contribution < 1.29 is 4.84 Å². The van der Waals surface area contributed by atoms with Crippen LogP contribution in [0.25, 0.3) is 0 Å². The van der Waals surface area contributed by atoms with Gasteiger partial charge in [0, 0.05) is 29.7 Å². The van der Waals surface area contributed by atoms with Crippen LogP contribution in [0.15, 0.2) is 84.4 Å². The third-order valence-corrected chi connectivity index (χ3v) is 3.08. The zero-order valence-electron chi connectivity index (χ0n) is 12.0. The van der Waals surface area contributed by atoms with E-state index in [1.54, 1.807) is 18.6 Å². The Balaban J connectivity index is 1.84. The Bertz CT molecular complexity index is 687. The summed E-state index contributed by atoms with van der Waals surface area (Å²) in [6, 6.07) is 19.5. The standard InChI is InChI=1S/C18H15N3O/c1-2-7-15(8-3-1)18(16-9-6-11-19-13-16)21-22-14-17-10-4-5-12-20-17/h1-13H,14H2. The van der Waals surface area contributed by atoms with Crippen LogP contribution in [0.4, 0.5) is 0 Å². The van der Waals surface area contributed by atoms with E-state index in [9.17, 15) is 0 Å². The molecule has 0 aliphatic heterocycles. The van der Waals surface area contributed by atoms with E-state index in [1.165, 1.54) is 0 Å². The highest BCUT2D eigenvalue weighted by molar-refractivity contribution is 6.12. The zero-order chi connectivity index (χ0) is 15.0. The molecule has 0 saturated heterocycles. The highest BCUT2D eigenvalue weighted by Crippen LogP contribution is 2.11. The zero-order valence-corrected chi connectivity index (χ0v) is 12.0. The lowest BCUT2D eigenvalue weighted by molar-refractivity contribution is 0.128. The average Bonchev–Trinajstić information content (AvgIpc) is 2.61. The number of oxime groups is 1. The molecule has 3 rings (SSSR count). The highest BCUT2D eigenvalue weighted by atomic mass is 16.6. The molecular formula is C18H15N3O. The van der Waals surface area contributed by atoms with Crippen LogP contribution in [0.2, 0.25) is 0 Å². The fourth-order valence-electron chi connectivity index (χ4n) is 2.02. The van der Waals surface area contributed by atoms with E-state index in [2.05, 4.69) is 15.1 Å². The predicted octanol–water partition coefficient (Wildman–Crippen LogP) is 3.45. The lowest BCUT2D eigenvalue weighted by Gasteiger charge is -2.07. The quantitative estimate of drug-likeness (QED) is 0.534. The third-order valence-electron chi connectivity index (χ3n) is 3.08. The molecule has 2 aromatic heterocycles. The predicted molar refractivity (Wildman–Crippen MR) is 85.3 cm³/mol. The Hall–Kier alpha value is -3.01.